The molecule has 2 rings (SSSR count). The summed E-state index contributed by atoms with van der Waals surface area (Å²) in [7, 11) is 0. The highest BCUT2D eigenvalue weighted by Crippen LogP contribution is 2.13. The van der Waals surface area contributed by atoms with E-state index in [-0.39, 0.29) is 45.1 Å². The van der Waals surface area contributed by atoms with E-state index in [2.05, 4.69) is 26.6 Å². The third-order valence-corrected chi connectivity index (χ3v) is 5.98. The van der Waals surface area contributed by atoms with E-state index in [0.717, 1.165) is 5.56 Å². The number of hydrogen-bond acceptors (Lipinski definition) is 8. The van der Waals surface area contributed by atoms with Gasteiger partial charge in [-0.25, -0.2) is 19.2 Å². The first-order valence-electron chi connectivity index (χ1n) is 14.1. The highest BCUT2D eigenvalue weighted by Gasteiger charge is 2.33. The largest absolute Gasteiger partial charge is 0.444 e. The fourth-order valence-corrected chi connectivity index (χ4v) is 3.80. The summed E-state index contributed by atoms with van der Waals surface area (Å²) >= 11 is 0. The maximum Gasteiger partial charge on any atom is 0.432 e. The molecule has 8 amide bonds. The van der Waals surface area contributed by atoms with Crippen LogP contribution in [0.15, 0.2) is 30.3 Å². The summed E-state index contributed by atoms with van der Waals surface area (Å²) < 4.78 is 5.19. The summed E-state index contributed by atoms with van der Waals surface area (Å²) in [5.74, 6) is -1.19. The molecule has 15 nitrogen and oxygen atoms in total. The lowest BCUT2D eigenvalue weighted by Crippen LogP contribution is -2.53. The van der Waals surface area contributed by atoms with Gasteiger partial charge in [-0.05, 0) is 47.1 Å². The Bertz CT molecular complexity index is 1130. The molecular formula is C28H43N7O8. The second-order valence-electron chi connectivity index (χ2n) is 11.3. The molecule has 238 valence electrons. The van der Waals surface area contributed by atoms with Gasteiger partial charge in [-0.3, -0.25) is 9.59 Å². The van der Waals surface area contributed by atoms with Crippen LogP contribution in [0.2, 0.25) is 0 Å². The molecule has 0 aliphatic carbocycles. The van der Waals surface area contributed by atoms with Crippen molar-refractivity contribution < 1.29 is 38.3 Å². The van der Waals surface area contributed by atoms with E-state index in [4.69, 9.17) is 9.57 Å². The first-order chi connectivity index (χ1) is 20.1. The van der Waals surface area contributed by atoms with Crippen molar-refractivity contribution in [2.75, 3.05) is 19.6 Å². The number of urea groups is 2. The Kier molecular flexibility index (Phi) is 13.0. The van der Waals surface area contributed by atoms with Crippen LogP contribution in [0.5, 0.6) is 0 Å². The Morgan fingerprint density at radius 1 is 0.837 bits per heavy atom. The van der Waals surface area contributed by atoms with E-state index in [1.807, 2.05) is 30.3 Å². The lowest BCUT2D eigenvalue weighted by molar-refractivity contribution is -0.171. The van der Waals surface area contributed by atoms with E-state index in [0.29, 0.717) is 5.06 Å². The molecule has 1 aliphatic rings. The molecule has 0 bridgehead atoms. The Balaban J connectivity index is 1.85. The van der Waals surface area contributed by atoms with Crippen molar-refractivity contribution in [2.45, 2.75) is 84.7 Å². The van der Waals surface area contributed by atoms with Crippen molar-refractivity contribution in [1.29, 1.82) is 0 Å². The first-order valence-corrected chi connectivity index (χ1v) is 14.1. The lowest BCUT2D eigenvalue weighted by Gasteiger charge is -2.30. The summed E-state index contributed by atoms with van der Waals surface area (Å²) in [4.78, 5) is 79.3. The van der Waals surface area contributed by atoms with Crippen molar-refractivity contribution in [2.24, 2.45) is 0 Å². The van der Waals surface area contributed by atoms with Gasteiger partial charge in [0.1, 0.15) is 5.60 Å². The van der Waals surface area contributed by atoms with Gasteiger partial charge in [-0.1, -0.05) is 30.3 Å². The topological polar surface area (TPSA) is 188 Å². The SMILES string of the molecule is CC(CNC(=O)N(Cc1ccccc1)C(C)CNC(=O)ON1C(=O)CCC1=O)NC(=O)NCC(C)NC(=O)OC(C)(C)C. The Morgan fingerprint density at radius 3 is 2.02 bits per heavy atom. The van der Waals surface area contributed by atoms with Crippen LogP contribution in [0, 0.1) is 0 Å². The number of imide groups is 1. The van der Waals surface area contributed by atoms with E-state index in [9.17, 15) is 28.8 Å². The fraction of sp³-hybridized carbons (Fsp3) is 0.571. The minimum absolute atomic E-state index is 0.0209. The number of amides is 8. The van der Waals surface area contributed by atoms with Crippen LogP contribution in [0.25, 0.3) is 0 Å². The number of hydroxylamine groups is 2. The minimum Gasteiger partial charge on any atom is -0.444 e. The molecule has 1 heterocycles. The Labute approximate surface area is 251 Å². The van der Waals surface area contributed by atoms with Crippen molar-refractivity contribution in [1.82, 2.24) is 36.5 Å². The molecule has 15 heteroatoms. The van der Waals surface area contributed by atoms with E-state index < -0.39 is 53.7 Å². The normalized spacial score (nSPS) is 15.1. The number of rotatable bonds is 12. The molecule has 3 atom stereocenters. The smallest absolute Gasteiger partial charge is 0.432 e. The molecule has 43 heavy (non-hydrogen) atoms. The number of hydrogen-bond donors (Lipinski definition) is 5. The summed E-state index contributed by atoms with van der Waals surface area (Å²) in [5.41, 5.74) is 0.210. The number of carbonyl (C=O) groups is 6. The number of nitrogens with zero attached hydrogens (tertiary/aromatic N) is 2. The number of benzene rings is 1. The lowest BCUT2D eigenvalue weighted by atomic mass is 10.2. The maximum absolute atomic E-state index is 13.2. The second-order valence-corrected chi connectivity index (χ2v) is 11.3. The molecule has 1 saturated heterocycles. The number of carbonyl (C=O) groups excluding carboxylic acids is 6. The van der Waals surface area contributed by atoms with Gasteiger partial charge in [0.05, 0.1) is 0 Å². The van der Waals surface area contributed by atoms with Crippen LogP contribution in [0.3, 0.4) is 0 Å². The minimum atomic E-state index is -0.991. The number of ether oxygens (including phenoxy) is 1. The molecule has 0 saturated carbocycles. The summed E-state index contributed by atoms with van der Waals surface area (Å²) in [5, 5.41) is 13.7. The molecular weight excluding hydrogens is 562 g/mol. The summed E-state index contributed by atoms with van der Waals surface area (Å²) in [6.45, 7) is 10.9. The Hall–Kier alpha value is -4.56. The third kappa shape index (κ3) is 12.9. The molecule has 5 N–H and O–H groups in total. The van der Waals surface area contributed by atoms with E-state index in [1.54, 1.807) is 41.5 Å². The standard InChI is InChI=1S/C28H43N7O8/c1-18(32-24(38)29-14-19(2)33-27(41)42-28(4,5)6)15-30-25(39)34(17-21-10-8-7-9-11-21)20(3)16-31-26(40)43-35-22(36)12-13-23(35)37/h7-11,18-20H,12-17H2,1-6H3,(H,30,39)(H,31,40)(H,33,41)(H2,29,32,38). The van der Waals surface area contributed by atoms with Gasteiger partial charge in [0.2, 0.25) is 0 Å². The van der Waals surface area contributed by atoms with Gasteiger partial charge < -0.3 is 41.1 Å². The molecule has 1 aromatic rings. The monoisotopic (exact) mass is 605 g/mol. The Morgan fingerprint density at radius 2 is 1.42 bits per heavy atom. The van der Waals surface area contributed by atoms with Gasteiger partial charge in [0.15, 0.2) is 0 Å². The zero-order chi connectivity index (χ0) is 32.2. The van der Waals surface area contributed by atoms with Gasteiger partial charge in [0.25, 0.3) is 11.8 Å². The molecule has 3 unspecified atom stereocenters. The number of nitrogens with one attached hydrogen (secondary N) is 5. The van der Waals surface area contributed by atoms with Gasteiger partial charge in [-0.2, -0.15) is 0 Å². The fourth-order valence-electron chi connectivity index (χ4n) is 3.80. The van der Waals surface area contributed by atoms with Crippen molar-refractivity contribution in [3.63, 3.8) is 0 Å². The average molecular weight is 606 g/mol. The van der Waals surface area contributed by atoms with Crippen molar-refractivity contribution in [3.05, 3.63) is 35.9 Å². The quantitative estimate of drug-likeness (QED) is 0.224. The highest BCUT2D eigenvalue weighted by atomic mass is 16.7. The molecule has 0 radical (unpaired) electrons. The van der Waals surface area contributed by atoms with Gasteiger partial charge in [-0.15, -0.1) is 5.06 Å². The summed E-state index contributed by atoms with van der Waals surface area (Å²) in [6.07, 6.45) is -1.62. The maximum atomic E-state index is 13.2. The second kappa shape index (κ2) is 16.2. The highest BCUT2D eigenvalue weighted by molar-refractivity contribution is 6.01. The van der Waals surface area contributed by atoms with Crippen molar-refractivity contribution in [3.8, 4) is 0 Å². The summed E-state index contributed by atoms with van der Waals surface area (Å²) in [6, 6.07) is 6.95. The molecule has 1 aliphatic heterocycles. The predicted octanol–water partition coefficient (Wildman–Crippen LogP) is 1.98. The van der Waals surface area contributed by atoms with E-state index >= 15 is 0 Å². The predicted molar refractivity (Wildman–Crippen MR) is 155 cm³/mol. The molecule has 0 aromatic heterocycles. The molecule has 1 aromatic carbocycles. The first kappa shape index (κ1) is 34.6. The number of alkyl carbamates (subject to hydrolysis) is 1. The van der Waals surface area contributed by atoms with Gasteiger partial charge >= 0.3 is 24.2 Å². The van der Waals surface area contributed by atoms with Crippen LogP contribution in [-0.4, -0.2) is 89.4 Å². The average Bonchev–Trinajstić information content (AvgIpc) is 3.23. The van der Waals surface area contributed by atoms with Crippen LogP contribution in [0.1, 0.15) is 59.9 Å². The van der Waals surface area contributed by atoms with Crippen LogP contribution < -0.4 is 26.6 Å². The zero-order valence-electron chi connectivity index (χ0n) is 25.5. The van der Waals surface area contributed by atoms with Crippen LogP contribution in [0.4, 0.5) is 19.2 Å². The van der Waals surface area contributed by atoms with E-state index in [1.165, 1.54) is 4.90 Å². The molecule has 1 fully saturated rings. The zero-order valence-corrected chi connectivity index (χ0v) is 25.5. The van der Waals surface area contributed by atoms with Crippen LogP contribution >= 0.6 is 0 Å². The third-order valence-electron chi connectivity index (χ3n) is 5.98. The van der Waals surface area contributed by atoms with Crippen molar-refractivity contribution >= 4 is 36.1 Å². The van der Waals surface area contributed by atoms with Crippen LogP contribution in [-0.2, 0) is 25.7 Å². The molecule has 0 spiro atoms. The van der Waals surface area contributed by atoms with Gasteiger partial charge in [0, 0.05) is 57.1 Å².